The monoisotopic (exact) mass is 308 g/mol. The zero-order valence-electron chi connectivity index (χ0n) is 11.8. The lowest BCUT2D eigenvalue weighted by atomic mass is 10.2. The van der Waals surface area contributed by atoms with Crippen molar-refractivity contribution in [1.29, 1.82) is 0 Å². The molecule has 4 nitrogen and oxygen atoms in total. The summed E-state index contributed by atoms with van der Waals surface area (Å²) < 4.78 is 7.55. The van der Waals surface area contributed by atoms with E-state index in [1.54, 1.807) is 11.5 Å². The van der Waals surface area contributed by atoms with E-state index in [4.69, 9.17) is 4.74 Å². The third kappa shape index (κ3) is 1.98. The number of benzene rings is 2. The topological polar surface area (TPSA) is 43.6 Å². The summed E-state index contributed by atoms with van der Waals surface area (Å²) in [5, 5.41) is 0. The van der Waals surface area contributed by atoms with Crippen molar-refractivity contribution < 1.29 is 4.74 Å². The molecule has 0 aliphatic rings. The van der Waals surface area contributed by atoms with Gasteiger partial charge in [-0.1, -0.05) is 35.6 Å². The Morgan fingerprint density at radius 3 is 2.91 bits per heavy atom. The summed E-state index contributed by atoms with van der Waals surface area (Å²) in [6.45, 7) is 0. The minimum Gasteiger partial charge on any atom is -0.497 e. The Kier molecular flexibility index (Phi) is 2.94. The number of hydrogen-bond donors (Lipinski definition) is 0. The lowest BCUT2D eigenvalue weighted by molar-refractivity contribution is 0.414. The van der Waals surface area contributed by atoms with Crippen molar-refractivity contribution in [3.05, 3.63) is 69.0 Å². The van der Waals surface area contributed by atoms with Gasteiger partial charge < -0.3 is 4.74 Å². The molecule has 4 rings (SSSR count). The van der Waals surface area contributed by atoms with Crippen molar-refractivity contribution in [1.82, 2.24) is 9.38 Å². The molecule has 0 unspecified atom stereocenters. The Morgan fingerprint density at radius 2 is 2.05 bits per heavy atom. The second-order valence-corrected chi connectivity index (χ2v) is 5.92. The highest BCUT2D eigenvalue weighted by atomic mass is 32.1. The van der Waals surface area contributed by atoms with Gasteiger partial charge >= 0.3 is 0 Å². The largest absolute Gasteiger partial charge is 0.497 e. The van der Waals surface area contributed by atoms with E-state index in [9.17, 15) is 4.79 Å². The van der Waals surface area contributed by atoms with Crippen LogP contribution in [0.3, 0.4) is 0 Å². The van der Waals surface area contributed by atoms with Crippen molar-refractivity contribution in [3.8, 4) is 5.75 Å². The van der Waals surface area contributed by atoms with Crippen LogP contribution in [0.1, 0.15) is 5.56 Å². The van der Waals surface area contributed by atoms with Crippen molar-refractivity contribution in [3.63, 3.8) is 0 Å². The summed E-state index contributed by atoms with van der Waals surface area (Å²) >= 11 is 1.40. The third-order valence-corrected chi connectivity index (χ3v) is 4.51. The lowest BCUT2D eigenvalue weighted by Crippen LogP contribution is -2.22. The predicted molar refractivity (Wildman–Crippen MR) is 88.6 cm³/mol. The minimum absolute atomic E-state index is 0.0310. The molecule has 0 aliphatic heterocycles. The Morgan fingerprint density at radius 1 is 1.18 bits per heavy atom. The van der Waals surface area contributed by atoms with Gasteiger partial charge in [0.2, 0.25) is 0 Å². The zero-order valence-corrected chi connectivity index (χ0v) is 12.6. The number of aromatic nitrogens is 2. The highest BCUT2D eigenvalue weighted by Crippen LogP contribution is 2.16. The number of ether oxygens (including phenoxy) is 1. The molecule has 5 heteroatoms. The molecule has 2 aromatic heterocycles. The van der Waals surface area contributed by atoms with Gasteiger partial charge in [-0.3, -0.25) is 4.79 Å². The van der Waals surface area contributed by atoms with Crippen LogP contribution in [-0.2, 0) is 0 Å². The van der Waals surface area contributed by atoms with E-state index in [0.29, 0.717) is 4.53 Å². The minimum atomic E-state index is -0.0310. The first-order valence-corrected chi connectivity index (χ1v) is 7.64. The molecule has 0 atom stereocenters. The second kappa shape index (κ2) is 4.96. The van der Waals surface area contributed by atoms with E-state index in [1.165, 1.54) is 11.3 Å². The summed E-state index contributed by atoms with van der Waals surface area (Å²) in [4.78, 5) is 17.9. The van der Waals surface area contributed by atoms with Crippen LogP contribution in [0.25, 0.3) is 22.1 Å². The summed E-state index contributed by atoms with van der Waals surface area (Å²) in [6, 6.07) is 15.3. The van der Waals surface area contributed by atoms with E-state index in [1.807, 2.05) is 54.6 Å². The molecule has 22 heavy (non-hydrogen) atoms. The summed E-state index contributed by atoms with van der Waals surface area (Å²) in [6.07, 6.45) is 1.87. The molecular weight excluding hydrogens is 296 g/mol. The van der Waals surface area contributed by atoms with Crippen LogP contribution < -0.4 is 14.8 Å². The Bertz CT molecular complexity index is 1090. The van der Waals surface area contributed by atoms with Gasteiger partial charge in [0, 0.05) is 0 Å². The first-order chi connectivity index (χ1) is 10.8. The average molecular weight is 308 g/mol. The van der Waals surface area contributed by atoms with Gasteiger partial charge in [-0.15, -0.1) is 0 Å². The molecule has 2 aromatic carbocycles. The summed E-state index contributed by atoms with van der Waals surface area (Å²) in [5.74, 6) is 0.771. The number of nitrogens with zero attached hydrogens (tertiary/aromatic N) is 2. The third-order valence-electron chi connectivity index (χ3n) is 3.54. The van der Waals surface area contributed by atoms with E-state index < -0.39 is 0 Å². The molecule has 108 valence electrons. The van der Waals surface area contributed by atoms with Crippen LogP contribution >= 0.6 is 11.3 Å². The van der Waals surface area contributed by atoms with E-state index >= 15 is 0 Å². The molecule has 0 fully saturated rings. The van der Waals surface area contributed by atoms with Crippen LogP contribution in [0, 0.1) is 0 Å². The Labute approximate surface area is 129 Å². The van der Waals surface area contributed by atoms with Crippen molar-refractivity contribution in [2.24, 2.45) is 0 Å². The molecular formula is C17H12N2O2S. The van der Waals surface area contributed by atoms with E-state index in [2.05, 4.69) is 4.98 Å². The van der Waals surface area contributed by atoms with Crippen molar-refractivity contribution in [2.75, 3.05) is 7.11 Å². The quantitative estimate of drug-likeness (QED) is 0.571. The molecule has 2 heterocycles. The number of fused-ring (bicyclic) bond motifs is 3. The predicted octanol–water partition coefficient (Wildman–Crippen LogP) is 2.47. The summed E-state index contributed by atoms with van der Waals surface area (Å²) in [5.41, 5.74) is 2.60. The fraction of sp³-hybridized carbons (Fsp3) is 0.0588. The molecule has 0 bridgehead atoms. The number of methoxy groups -OCH3 is 1. The van der Waals surface area contributed by atoms with Gasteiger partial charge in [0.1, 0.15) is 5.75 Å². The first kappa shape index (κ1) is 13.0. The Balaban J connectivity index is 1.97. The highest BCUT2D eigenvalue weighted by molar-refractivity contribution is 7.15. The van der Waals surface area contributed by atoms with Crippen LogP contribution in [0.5, 0.6) is 5.75 Å². The smallest absolute Gasteiger partial charge is 0.274 e. The average Bonchev–Trinajstić information content (AvgIpc) is 3.05. The van der Waals surface area contributed by atoms with Crippen molar-refractivity contribution in [2.45, 2.75) is 0 Å². The zero-order chi connectivity index (χ0) is 15.1. The Hall–Kier alpha value is -2.66. The SMILES string of the molecule is COc1cccc(/C=c2\sc3nc4ccccc4n3c2=O)c1. The molecule has 0 amide bonds. The van der Waals surface area contributed by atoms with E-state index in [-0.39, 0.29) is 5.56 Å². The molecule has 0 saturated heterocycles. The van der Waals surface area contributed by atoms with Crippen LogP contribution in [0.15, 0.2) is 53.3 Å². The van der Waals surface area contributed by atoms with Crippen LogP contribution in [-0.4, -0.2) is 16.5 Å². The highest BCUT2D eigenvalue weighted by Gasteiger charge is 2.10. The van der Waals surface area contributed by atoms with E-state index in [0.717, 1.165) is 27.3 Å². The van der Waals surface area contributed by atoms with Crippen LogP contribution in [0.2, 0.25) is 0 Å². The lowest BCUT2D eigenvalue weighted by Gasteiger charge is -1.99. The molecule has 0 spiro atoms. The maximum absolute atomic E-state index is 12.6. The van der Waals surface area contributed by atoms with Gasteiger partial charge in [-0.2, -0.15) is 0 Å². The molecule has 0 radical (unpaired) electrons. The fourth-order valence-corrected chi connectivity index (χ4v) is 3.48. The number of imidazole rings is 1. The van der Waals surface area contributed by atoms with Gasteiger partial charge in [-0.25, -0.2) is 9.38 Å². The van der Waals surface area contributed by atoms with Gasteiger partial charge in [0.25, 0.3) is 5.56 Å². The number of para-hydroxylation sites is 2. The fourth-order valence-electron chi connectivity index (χ4n) is 2.49. The standard InChI is InChI=1S/C17H12N2O2S/c1-21-12-6-4-5-11(9-12)10-15-16(20)19-14-8-3-2-7-13(14)18-17(19)22-15/h2-10H,1H3/b15-10-. The number of hydrogen-bond acceptors (Lipinski definition) is 4. The normalized spacial score (nSPS) is 12.3. The van der Waals surface area contributed by atoms with Crippen molar-refractivity contribution >= 4 is 33.4 Å². The van der Waals surface area contributed by atoms with Gasteiger partial charge in [0.05, 0.1) is 22.7 Å². The molecule has 0 aliphatic carbocycles. The molecule has 4 aromatic rings. The maximum atomic E-state index is 12.6. The number of rotatable bonds is 2. The molecule has 0 N–H and O–H groups in total. The molecule has 0 saturated carbocycles. The second-order valence-electron chi connectivity index (χ2n) is 4.91. The summed E-state index contributed by atoms with van der Waals surface area (Å²) in [7, 11) is 1.63. The maximum Gasteiger partial charge on any atom is 0.274 e. The van der Waals surface area contributed by atoms with Crippen LogP contribution in [0.4, 0.5) is 0 Å². The first-order valence-electron chi connectivity index (χ1n) is 6.82. The van der Waals surface area contributed by atoms with Gasteiger partial charge in [0.15, 0.2) is 4.96 Å². The number of thiazole rings is 1. The van der Waals surface area contributed by atoms with Gasteiger partial charge in [-0.05, 0) is 35.9 Å².